The van der Waals surface area contributed by atoms with E-state index in [1.54, 1.807) is 0 Å². The first-order valence-electron chi connectivity index (χ1n) is 15.3. The molecule has 0 aliphatic heterocycles. The van der Waals surface area contributed by atoms with Gasteiger partial charge in [0, 0.05) is 33.0 Å². The summed E-state index contributed by atoms with van der Waals surface area (Å²) in [6.07, 6.45) is 0. The summed E-state index contributed by atoms with van der Waals surface area (Å²) in [5.41, 5.74) is 15.6. The summed E-state index contributed by atoms with van der Waals surface area (Å²) in [4.78, 5) is 4.60. The van der Waals surface area contributed by atoms with Crippen molar-refractivity contribution in [1.29, 1.82) is 5.41 Å². The Bertz CT molecular complexity index is 2420. The van der Waals surface area contributed by atoms with Gasteiger partial charge in [0.15, 0.2) is 5.84 Å². The summed E-state index contributed by atoms with van der Waals surface area (Å²) < 4.78 is 6.97. The fraction of sp³-hybridized carbons (Fsp3) is 0. The molecule has 0 radical (unpaired) electrons. The molecule has 0 aliphatic rings. The lowest BCUT2D eigenvalue weighted by Gasteiger charge is -2.10. The molecule has 0 amide bonds. The van der Waals surface area contributed by atoms with Crippen LogP contribution >= 0.6 is 0 Å². The molecule has 8 rings (SSSR count). The van der Waals surface area contributed by atoms with Crippen LogP contribution in [0.25, 0.3) is 66.1 Å². The fourth-order valence-corrected chi connectivity index (χ4v) is 6.34. The van der Waals surface area contributed by atoms with Gasteiger partial charge in [-0.2, -0.15) is 0 Å². The third-order valence-corrected chi connectivity index (χ3v) is 8.55. The van der Waals surface area contributed by atoms with Crippen molar-refractivity contribution in [3.63, 3.8) is 0 Å². The van der Waals surface area contributed by atoms with E-state index in [2.05, 4.69) is 96.0 Å². The number of nitrogens with two attached hydrogens (primary N) is 1. The number of furan rings is 1. The predicted octanol–water partition coefficient (Wildman–Crippen LogP) is 10.5. The first-order valence-corrected chi connectivity index (χ1v) is 15.3. The van der Waals surface area contributed by atoms with Gasteiger partial charge in [-0.05, 0) is 57.3 Å². The minimum absolute atomic E-state index is 0.0740. The van der Waals surface area contributed by atoms with E-state index in [4.69, 9.17) is 10.2 Å². The van der Waals surface area contributed by atoms with Gasteiger partial charge in [0.1, 0.15) is 17.0 Å². The van der Waals surface area contributed by atoms with E-state index in [1.807, 2.05) is 66.7 Å². The second-order valence-corrected chi connectivity index (χ2v) is 11.3. The van der Waals surface area contributed by atoms with Crippen LogP contribution in [-0.2, 0) is 0 Å². The monoisotopic (exact) mass is 591 g/mol. The van der Waals surface area contributed by atoms with Gasteiger partial charge in [-0.3, -0.25) is 5.41 Å². The Morgan fingerprint density at radius 1 is 0.522 bits per heavy atom. The average Bonchev–Trinajstić information content (AvgIpc) is 3.51. The summed E-state index contributed by atoms with van der Waals surface area (Å²) in [7, 11) is 0. The number of hydrogen-bond donors (Lipinski definition) is 2. The SMILES string of the molecule is N=C(N=C(N)c1ccccc1)c1ccc(-c2cccc3ccccc23)c2oc3c(-c4ccccc4)cc(-c4ccccc4)cc3c12. The molecule has 218 valence electrons. The Labute approximate surface area is 266 Å². The first-order chi connectivity index (χ1) is 22.7. The lowest BCUT2D eigenvalue weighted by Crippen LogP contribution is -2.15. The van der Waals surface area contributed by atoms with Crippen molar-refractivity contribution in [3.05, 3.63) is 169 Å². The number of hydrogen-bond acceptors (Lipinski definition) is 2. The topological polar surface area (TPSA) is 75.4 Å². The quantitative estimate of drug-likeness (QED) is 0.154. The molecule has 4 heteroatoms. The second-order valence-electron chi connectivity index (χ2n) is 11.3. The van der Waals surface area contributed by atoms with E-state index >= 15 is 0 Å². The molecule has 0 spiro atoms. The third kappa shape index (κ3) is 4.73. The van der Waals surface area contributed by atoms with Gasteiger partial charge >= 0.3 is 0 Å². The molecule has 4 nitrogen and oxygen atoms in total. The molecule has 0 saturated heterocycles. The fourth-order valence-electron chi connectivity index (χ4n) is 6.34. The summed E-state index contributed by atoms with van der Waals surface area (Å²) in [5.74, 6) is 0.365. The number of aliphatic imine (C=N–C) groups is 1. The number of rotatable bonds is 5. The molecule has 0 bridgehead atoms. The maximum atomic E-state index is 9.24. The van der Waals surface area contributed by atoms with E-state index in [-0.39, 0.29) is 5.84 Å². The van der Waals surface area contributed by atoms with Gasteiger partial charge in [-0.15, -0.1) is 0 Å². The van der Waals surface area contributed by atoms with Crippen LogP contribution in [0.2, 0.25) is 0 Å². The molecule has 1 aromatic heterocycles. The molecule has 7 aromatic carbocycles. The van der Waals surface area contributed by atoms with Crippen LogP contribution < -0.4 is 5.73 Å². The number of nitrogens with zero attached hydrogens (tertiary/aromatic N) is 1. The van der Waals surface area contributed by atoms with Crippen LogP contribution in [0.3, 0.4) is 0 Å². The predicted molar refractivity (Wildman–Crippen MR) is 192 cm³/mol. The van der Waals surface area contributed by atoms with Gasteiger partial charge in [0.05, 0.1) is 0 Å². The van der Waals surface area contributed by atoms with E-state index in [9.17, 15) is 5.41 Å². The number of nitrogens with one attached hydrogen (secondary N) is 1. The van der Waals surface area contributed by atoms with Crippen molar-refractivity contribution >= 4 is 44.4 Å². The highest BCUT2D eigenvalue weighted by molar-refractivity contribution is 6.24. The van der Waals surface area contributed by atoms with Crippen molar-refractivity contribution in [2.24, 2.45) is 10.7 Å². The van der Waals surface area contributed by atoms with Crippen LogP contribution in [0, 0.1) is 5.41 Å². The molecule has 0 saturated carbocycles. The Morgan fingerprint density at radius 2 is 1.17 bits per heavy atom. The highest BCUT2D eigenvalue weighted by Gasteiger charge is 2.22. The summed E-state index contributed by atoms with van der Waals surface area (Å²) in [6, 6.07) is 53.4. The Hall–Kier alpha value is -6.26. The van der Waals surface area contributed by atoms with E-state index in [0.29, 0.717) is 17.0 Å². The van der Waals surface area contributed by atoms with Crippen molar-refractivity contribution in [2.75, 3.05) is 0 Å². The van der Waals surface area contributed by atoms with Gasteiger partial charge in [-0.1, -0.05) is 133 Å². The molecule has 0 unspecified atom stereocenters. The van der Waals surface area contributed by atoms with Crippen LogP contribution in [0.1, 0.15) is 11.1 Å². The zero-order valence-corrected chi connectivity index (χ0v) is 24.9. The van der Waals surface area contributed by atoms with Crippen LogP contribution in [-0.4, -0.2) is 11.7 Å². The van der Waals surface area contributed by atoms with Crippen molar-refractivity contribution in [2.45, 2.75) is 0 Å². The molecule has 8 aromatic rings. The lowest BCUT2D eigenvalue weighted by atomic mass is 9.92. The minimum atomic E-state index is 0.0740. The normalized spacial score (nSPS) is 11.8. The van der Waals surface area contributed by atoms with E-state index in [1.165, 1.54) is 0 Å². The van der Waals surface area contributed by atoms with Gasteiger partial charge < -0.3 is 10.2 Å². The van der Waals surface area contributed by atoms with E-state index in [0.717, 1.165) is 66.1 Å². The zero-order chi connectivity index (χ0) is 31.0. The number of fused-ring (bicyclic) bond motifs is 4. The first kappa shape index (κ1) is 27.3. The molecule has 46 heavy (non-hydrogen) atoms. The lowest BCUT2D eigenvalue weighted by molar-refractivity contribution is 0.671. The number of amidine groups is 2. The van der Waals surface area contributed by atoms with Crippen LogP contribution in [0.4, 0.5) is 0 Å². The smallest absolute Gasteiger partial charge is 0.154 e. The molecular formula is C42H29N3O. The maximum absolute atomic E-state index is 9.24. The maximum Gasteiger partial charge on any atom is 0.154 e. The standard InChI is InChI=1S/C42H29N3O/c43-41(30-18-8-3-9-19-30)45-42(44)35-24-23-34(33-22-12-20-28-17-10-11-21-32(28)33)40-38(35)37-26-31(27-13-4-1-5-14-27)25-36(39(37)46-40)29-15-6-2-7-16-29/h1-26H,(H3,43,44,45). The van der Waals surface area contributed by atoms with Gasteiger partial charge in [-0.25, -0.2) is 4.99 Å². The van der Waals surface area contributed by atoms with E-state index < -0.39 is 0 Å². The summed E-state index contributed by atoms with van der Waals surface area (Å²) in [5, 5.41) is 13.3. The van der Waals surface area contributed by atoms with Crippen molar-refractivity contribution < 1.29 is 4.42 Å². The third-order valence-electron chi connectivity index (χ3n) is 8.55. The highest BCUT2D eigenvalue weighted by Crippen LogP contribution is 2.44. The summed E-state index contributed by atoms with van der Waals surface area (Å²) >= 11 is 0. The Morgan fingerprint density at radius 3 is 1.93 bits per heavy atom. The van der Waals surface area contributed by atoms with Gasteiger partial charge in [0.25, 0.3) is 0 Å². The molecular weight excluding hydrogens is 562 g/mol. The van der Waals surface area contributed by atoms with Gasteiger partial charge in [0.2, 0.25) is 0 Å². The molecule has 0 aliphatic carbocycles. The zero-order valence-electron chi connectivity index (χ0n) is 24.9. The minimum Gasteiger partial charge on any atom is -0.455 e. The molecule has 0 fully saturated rings. The Balaban J connectivity index is 1.47. The molecule has 1 heterocycles. The second kappa shape index (κ2) is 11.3. The van der Waals surface area contributed by atoms with Crippen LogP contribution in [0.5, 0.6) is 0 Å². The van der Waals surface area contributed by atoms with Crippen molar-refractivity contribution in [3.8, 4) is 33.4 Å². The Kier molecular flexibility index (Phi) is 6.73. The highest BCUT2D eigenvalue weighted by atomic mass is 16.3. The average molecular weight is 592 g/mol. The molecule has 0 atom stereocenters. The molecule has 3 N–H and O–H groups in total. The number of benzene rings is 7. The largest absolute Gasteiger partial charge is 0.455 e. The van der Waals surface area contributed by atoms with Crippen molar-refractivity contribution in [1.82, 2.24) is 0 Å². The summed E-state index contributed by atoms with van der Waals surface area (Å²) in [6.45, 7) is 0. The van der Waals surface area contributed by atoms with Crippen LogP contribution in [0.15, 0.2) is 167 Å².